The van der Waals surface area contributed by atoms with Gasteiger partial charge in [-0.2, -0.15) is 0 Å². The molecule has 1 atom stereocenters. The molecule has 1 aliphatic rings. The number of nitrogens with zero attached hydrogens (tertiary/aromatic N) is 1. The molecule has 1 fully saturated rings. The Kier molecular flexibility index (Phi) is 5.45. The molecule has 0 bridgehead atoms. The van der Waals surface area contributed by atoms with E-state index in [9.17, 15) is 18.0 Å². The number of sulfonamides is 1. The van der Waals surface area contributed by atoms with Crippen molar-refractivity contribution in [3.05, 3.63) is 23.8 Å². The van der Waals surface area contributed by atoms with E-state index in [4.69, 9.17) is 4.74 Å². The van der Waals surface area contributed by atoms with E-state index in [1.807, 2.05) is 0 Å². The number of nitrogens with one attached hydrogen (secondary N) is 2. The summed E-state index contributed by atoms with van der Waals surface area (Å²) in [6.07, 6.45) is 1.33. The Balaban J connectivity index is 2.31. The molecule has 1 heterocycles. The van der Waals surface area contributed by atoms with Gasteiger partial charge in [0.15, 0.2) is 0 Å². The van der Waals surface area contributed by atoms with Gasteiger partial charge in [-0.05, 0) is 31.0 Å². The summed E-state index contributed by atoms with van der Waals surface area (Å²) in [6.45, 7) is 0.596. The van der Waals surface area contributed by atoms with Gasteiger partial charge in [0.2, 0.25) is 15.9 Å². The van der Waals surface area contributed by atoms with Gasteiger partial charge in [0.05, 0.1) is 7.11 Å². The zero-order chi connectivity index (χ0) is 17.9. The van der Waals surface area contributed by atoms with Crippen molar-refractivity contribution < 1.29 is 22.7 Å². The Labute approximate surface area is 141 Å². The number of hydrogen-bond acceptors (Lipinski definition) is 5. The van der Waals surface area contributed by atoms with E-state index >= 15 is 0 Å². The second-order valence-electron chi connectivity index (χ2n) is 5.61. The van der Waals surface area contributed by atoms with Crippen LogP contribution in [-0.4, -0.2) is 58.3 Å². The van der Waals surface area contributed by atoms with E-state index < -0.39 is 22.0 Å². The van der Waals surface area contributed by atoms with E-state index in [1.165, 1.54) is 39.4 Å². The van der Waals surface area contributed by atoms with Crippen LogP contribution < -0.4 is 15.4 Å². The molecule has 8 nitrogen and oxygen atoms in total. The van der Waals surface area contributed by atoms with Gasteiger partial charge in [0.1, 0.15) is 16.7 Å². The molecule has 2 N–H and O–H groups in total. The van der Waals surface area contributed by atoms with Gasteiger partial charge in [-0.3, -0.25) is 9.59 Å². The zero-order valence-corrected chi connectivity index (χ0v) is 14.6. The second kappa shape index (κ2) is 7.18. The highest BCUT2D eigenvalue weighted by Crippen LogP contribution is 2.27. The first-order valence-corrected chi connectivity index (χ1v) is 8.90. The van der Waals surface area contributed by atoms with Crippen LogP contribution >= 0.6 is 0 Å². The van der Waals surface area contributed by atoms with Crippen molar-refractivity contribution in [1.82, 2.24) is 14.9 Å². The third kappa shape index (κ3) is 3.68. The van der Waals surface area contributed by atoms with Gasteiger partial charge in [0, 0.05) is 26.2 Å². The highest BCUT2D eigenvalue weighted by Gasteiger charge is 2.27. The normalized spacial score (nSPS) is 18.2. The van der Waals surface area contributed by atoms with Crippen LogP contribution in [0, 0.1) is 0 Å². The van der Waals surface area contributed by atoms with Crippen LogP contribution in [0.4, 0.5) is 0 Å². The molecule has 1 aliphatic heterocycles. The summed E-state index contributed by atoms with van der Waals surface area (Å²) in [5, 5.41) is 5.31. The lowest BCUT2D eigenvalue weighted by Gasteiger charge is -2.23. The van der Waals surface area contributed by atoms with Crippen molar-refractivity contribution >= 4 is 21.8 Å². The molecule has 2 rings (SSSR count). The smallest absolute Gasteiger partial charge is 0.251 e. The Morgan fingerprint density at radius 1 is 1.38 bits per heavy atom. The van der Waals surface area contributed by atoms with Crippen LogP contribution in [0.15, 0.2) is 23.1 Å². The van der Waals surface area contributed by atoms with Gasteiger partial charge < -0.3 is 15.4 Å². The minimum absolute atomic E-state index is 0.101. The molecule has 0 saturated carbocycles. The van der Waals surface area contributed by atoms with Gasteiger partial charge in [-0.25, -0.2) is 12.7 Å². The first kappa shape index (κ1) is 18.2. The van der Waals surface area contributed by atoms with Crippen LogP contribution in [0.25, 0.3) is 0 Å². The molecule has 0 radical (unpaired) electrons. The number of amides is 2. The first-order valence-electron chi connectivity index (χ1n) is 7.46. The molecule has 1 unspecified atom stereocenters. The summed E-state index contributed by atoms with van der Waals surface area (Å²) in [7, 11) is 0.380. The van der Waals surface area contributed by atoms with E-state index in [0.717, 1.165) is 10.7 Å². The third-order valence-corrected chi connectivity index (χ3v) is 5.61. The molecule has 1 aromatic carbocycles. The fourth-order valence-electron chi connectivity index (χ4n) is 2.37. The van der Waals surface area contributed by atoms with Crippen molar-refractivity contribution in [2.75, 3.05) is 27.7 Å². The fraction of sp³-hybridized carbons (Fsp3) is 0.467. The van der Waals surface area contributed by atoms with Crippen molar-refractivity contribution in [3.63, 3.8) is 0 Å². The van der Waals surface area contributed by atoms with Crippen LogP contribution in [0.2, 0.25) is 0 Å². The van der Waals surface area contributed by atoms with Gasteiger partial charge in [-0.1, -0.05) is 0 Å². The molecule has 132 valence electrons. The Morgan fingerprint density at radius 2 is 2.08 bits per heavy atom. The lowest BCUT2D eigenvalue weighted by atomic mass is 10.1. The SMILES string of the molecule is COc1ccc(C(=O)NC2CCCNC2=O)cc1S(=O)(=O)N(C)C. The molecule has 9 heteroatoms. The predicted molar refractivity (Wildman–Crippen MR) is 87.4 cm³/mol. The molecule has 0 aromatic heterocycles. The van der Waals surface area contributed by atoms with Crippen LogP contribution in [0.5, 0.6) is 5.75 Å². The molecule has 0 aliphatic carbocycles. The van der Waals surface area contributed by atoms with Gasteiger partial charge >= 0.3 is 0 Å². The second-order valence-corrected chi connectivity index (χ2v) is 7.73. The van der Waals surface area contributed by atoms with Crippen molar-refractivity contribution in [2.45, 2.75) is 23.8 Å². The summed E-state index contributed by atoms with van der Waals surface area (Å²) in [5.74, 6) is -0.588. The summed E-state index contributed by atoms with van der Waals surface area (Å²) in [4.78, 5) is 24.0. The lowest BCUT2D eigenvalue weighted by molar-refractivity contribution is -0.124. The average molecular weight is 355 g/mol. The molecule has 1 aromatic rings. The number of ether oxygens (including phenoxy) is 1. The average Bonchev–Trinajstić information content (AvgIpc) is 2.56. The van der Waals surface area contributed by atoms with Crippen molar-refractivity contribution in [3.8, 4) is 5.75 Å². The number of carbonyl (C=O) groups excluding carboxylic acids is 2. The quantitative estimate of drug-likeness (QED) is 0.771. The monoisotopic (exact) mass is 355 g/mol. The maximum absolute atomic E-state index is 12.4. The molecular formula is C15H21N3O5S. The largest absolute Gasteiger partial charge is 0.495 e. The van der Waals surface area contributed by atoms with Crippen LogP contribution in [-0.2, 0) is 14.8 Å². The van der Waals surface area contributed by atoms with E-state index in [2.05, 4.69) is 10.6 Å². The van der Waals surface area contributed by atoms with Crippen molar-refractivity contribution in [2.24, 2.45) is 0 Å². The number of rotatable bonds is 5. The predicted octanol–water partition coefficient (Wildman–Crippen LogP) is -0.0461. The maximum atomic E-state index is 12.4. The number of methoxy groups -OCH3 is 1. The molecular weight excluding hydrogens is 334 g/mol. The number of carbonyl (C=O) groups is 2. The van der Waals surface area contributed by atoms with E-state index in [0.29, 0.717) is 13.0 Å². The fourth-order valence-corrected chi connectivity index (χ4v) is 3.44. The highest BCUT2D eigenvalue weighted by molar-refractivity contribution is 7.89. The summed E-state index contributed by atoms with van der Waals surface area (Å²) < 4.78 is 30.9. The zero-order valence-electron chi connectivity index (χ0n) is 13.8. The molecule has 2 amide bonds. The number of piperidine rings is 1. The molecule has 24 heavy (non-hydrogen) atoms. The molecule has 0 spiro atoms. The summed E-state index contributed by atoms with van der Waals surface area (Å²) in [6, 6.07) is 3.53. The Morgan fingerprint density at radius 3 is 2.67 bits per heavy atom. The summed E-state index contributed by atoms with van der Waals surface area (Å²) in [5.41, 5.74) is 0.148. The van der Waals surface area contributed by atoms with E-state index in [1.54, 1.807) is 0 Å². The first-order chi connectivity index (χ1) is 11.3. The Bertz CT molecular complexity index is 745. The number of hydrogen-bond donors (Lipinski definition) is 2. The highest BCUT2D eigenvalue weighted by atomic mass is 32.2. The molecule has 1 saturated heterocycles. The standard InChI is InChI=1S/C15H21N3O5S/c1-18(2)24(21,22)13-9-10(6-7-12(13)23-3)14(19)17-11-5-4-8-16-15(11)20/h6-7,9,11H,4-5,8H2,1-3H3,(H,16,20)(H,17,19). The Hall–Kier alpha value is -2.13. The maximum Gasteiger partial charge on any atom is 0.251 e. The van der Waals surface area contributed by atoms with Crippen molar-refractivity contribution in [1.29, 1.82) is 0 Å². The minimum Gasteiger partial charge on any atom is -0.495 e. The van der Waals surface area contributed by atoms with Gasteiger partial charge in [-0.15, -0.1) is 0 Å². The topological polar surface area (TPSA) is 105 Å². The van der Waals surface area contributed by atoms with E-state index in [-0.39, 0.29) is 22.1 Å². The van der Waals surface area contributed by atoms with Gasteiger partial charge in [0.25, 0.3) is 5.91 Å². The third-order valence-electron chi connectivity index (χ3n) is 3.78. The lowest BCUT2D eigenvalue weighted by Crippen LogP contribution is -2.50. The number of benzene rings is 1. The minimum atomic E-state index is -3.77. The van der Waals surface area contributed by atoms with Crippen LogP contribution in [0.3, 0.4) is 0 Å². The van der Waals surface area contributed by atoms with Crippen LogP contribution in [0.1, 0.15) is 23.2 Å². The summed E-state index contributed by atoms with van der Waals surface area (Å²) >= 11 is 0.